The predicted molar refractivity (Wildman–Crippen MR) is 91.1 cm³/mol. The standard InChI is InChI=1S/C16H12Cl2N2O4/c17-12-5-6-14(13(18)7-12)24-9-15(21)20-19-8-10-1-3-11(4-2-10)16(22)23/h1-8H,9H2,(H,20,21)(H,22,23)/b19-8-. The fourth-order valence-electron chi connectivity index (χ4n) is 1.66. The quantitative estimate of drug-likeness (QED) is 0.606. The molecule has 2 aromatic carbocycles. The number of nitrogens with zero attached hydrogens (tertiary/aromatic N) is 1. The van der Waals surface area contributed by atoms with Gasteiger partial charge in [0.2, 0.25) is 0 Å². The summed E-state index contributed by atoms with van der Waals surface area (Å²) in [6.45, 7) is -0.267. The van der Waals surface area contributed by atoms with Crippen LogP contribution in [0.5, 0.6) is 5.75 Å². The molecule has 0 heterocycles. The van der Waals surface area contributed by atoms with Gasteiger partial charge in [0, 0.05) is 5.02 Å². The molecule has 0 aliphatic carbocycles. The summed E-state index contributed by atoms with van der Waals surface area (Å²) in [5.41, 5.74) is 3.10. The fraction of sp³-hybridized carbons (Fsp3) is 0.0625. The Bertz CT molecular complexity index is 776. The monoisotopic (exact) mass is 366 g/mol. The Morgan fingerprint density at radius 2 is 1.88 bits per heavy atom. The van der Waals surface area contributed by atoms with Gasteiger partial charge in [-0.2, -0.15) is 5.10 Å². The molecule has 0 radical (unpaired) electrons. The lowest BCUT2D eigenvalue weighted by atomic mass is 10.1. The van der Waals surface area contributed by atoms with Gasteiger partial charge in [-0.1, -0.05) is 35.3 Å². The minimum Gasteiger partial charge on any atom is -0.482 e. The van der Waals surface area contributed by atoms with Crippen molar-refractivity contribution in [2.24, 2.45) is 5.10 Å². The van der Waals surface area contributed by atoms with Gasteiger partial charge in [0.1, 0.15) is 5.75 Å². The Kier molecular flexibility index (Phi) is 6.17. The summed E-state index contributed by atoms with van der Waals surface area (Å²) in [7, 11) is 0. The maximum absolute atomic E-state index is 11.6. The van der Waals surface area contributed by atoms with E-state index in [4.69, 9.17) is 33.0 Å². The highest BCUT2D eigenvalue weighted by atomic mass is 35.5. The van der Waals surface area contributed by atoms with Crippen molar-refractivity contribution >= 4 is 41.3 Å². The van der Waals surface area contributed by atoms with Crippen molar-refractivity contribution < 1.29 is 19.4 Å². The second kappa shape index (κ2) is 8.33. The number of ether oxygens (including phenoxy) is 1. The molecule has 0 aliphatic heterocycles. The van der Waals surface area contributed by atoms with Crippen LogP contribution in [0, 0.1) is 0 Å². The van der Waals surface area contributed by atoms with Crippen molar-refractivity contribution in [2.75, 3.05) is 6.61 Å². The zero-order valence-electron chi connectivity index (χ0n) is 12.2. The van der Waals surface area contributed by atoms with Gasteiger partial charge in [-0.05, 0) is 35.9 Å². The van der Waals surface area contributed by atoms with E-state index in [2.05, 4.69) is 10.5 Å². The molecule has 0 spiro atoms. The van der Waals surface area contributed by atoms with Gasteiger partial charge in [-0.15, -0.1) is 0 Å². The Hall–Kier alpha value is -2.57. The molecule has 1 amide bonds. The minimum atomic E-state index is -1.01. The molecule has 0 saturated heterocycles. The van der Waals surface area contributed by atoms with E-state index in [1.54, 1.807) is 24.3 Å². The van der Waals surface area contributed by atoms with Gasteiger partial charge in [-0.3, -0.25) is 4.79 Å². The molecule has 0 aliphatic rings. The number of rotatable bonds is 6. The van der Waals surface area contributed by atoms with Crippen LogP contribution in [0.1, 0.15) is 15.9 Å². The van der Waals surface area contributed by atoms with Crippen LogP contribution in [0.2, 0.25) is 10.0 Å². The third-order valence-corrected chi connectivity index (χ3v) is 3.34. The highest BCUT2D eigenvalue weighted by Crippen LogP contribution is 2.27. The number of hydrazone groups is 1. The maximum atomic E-state index is 11.6. The van der Waals surface area contributed by atoms with E-state index in [0.29, 0.717) is 21.4 Å². The zero-order chi connectivity index (χ0) is 17.5. The summed E-state index contributed by atoms with van der Waals surface area (Å²) in [4.78, 5) is 22.4. The van der Waals surface area contributed by atoms with Gasteiger partial charge in [0.15, 0.2) is 6.61 Å². The summed E-state index contributed by atoms with van der Waals surface area (Å²) >= 11 is 11.7. The molecule has 0 fully saturated rings. The molecule has 24 heavy (non-hydrogen) atoms. The van der Waals surface area contributed by atoms with E-state index in [0.717, 1.165) is 0 Å². The topological polar surface area (TPSA) is 88.0 Å². The van der Waals surface area contributed by atoms with Crippen LogP contribution in [0.25, 0.3) is 0 Å². The molecule has 0 aromatic heterocycles. The third-order valence-electron chi connectivity index (χ3n) is 2.81. The molecular formula is C16H12Cl2N2O4. The second-order valence-electron chi connectivity index (χ2n) is 4.58. The summed E-state index contributed by atoms with van der Waals surface area (Å²) < 4.78 is 5.26. The van der Waals surface area contributed by atoms with Crippen molar-refractivity contribution in [3.63, 3.8) is 0 Å². The lowest BCUT2D eigenvalue weighted by molar-refractivity contribution is -0.123. The number of benzene rings is 2. The van der Waals surface area contributed by atoms with Crippen molar-refractivity contribution in [1.82, 2.24) is 5.43 Å². The summed E-state index contributed by atoms with van der Waals surface area (Å²) in [5.74, 6) is -1.14. The summed E-state index contributed by atoms with van der Waals surface area (Å²) in [5, 5.41) is 13.3. The highest BCUT2D eigenvalue weighted by Gasteiger charge is 2.06. The number of carbonyl (C=O) groups is 2. The largest absolute Gasteiger partial charge is 0.482 e. The number of carboxylic acid groups (broad SMARTS) is 1. The molecule has 0 atom stereocenters. The van der Waals surface area contributed by atoms with Crippen molar-refractivity contribution in [2.45, 2.75) is 0 Å². The first kappa shape index (κ1) is 17.8. The fourth-order valence-corrected chi connectivity index (χ4v) is 2.12. The summed E-state index contributed by atoms with van der Waals surface area (Å²) in [6.07, 6.45) is 1.39. The van der Waals surface area contributed by atoms with E-state index in [1.807, 2.05) is 0 Å². The average Bonchev–Trinajstić information content (AvgIpc) is 2.54. The van der Waals surface area contributed by atoms with Crippen LogP contribution in [0.4, 0.5) is 0 Å². The molecule has 8 heteroatoms. The van der Waals surface area contributed by atoms with Crippen molar-refractivity contribution in [3.8, 4) is 5.75 Å². The smallest absolute Gasteiger partial charge is 0.335 e. The van der Waals surface area contributed by atoms with Crippen LogP contribution in [-0.4, -0.2) is 29.8 Å². The molecule has 124 valence electrons. The van der Waals surface area contributed by atoms with Gasteiger partial charge in [0.25, 0.3) is 5.91 Å². The molecule has 2 N–H and O–H groups in total. The molecule has 0 unspecified atom stereocenters. The van der Waals surface area contributed by atoms with Gasteiger partial charge < -0.3 is 9.84 Å². The van der Waals surface area contributed by atoms with Crippen molar-refractivity contribution in [1.29, 1.82) is 0 Å². The van der Waals surface area contributed by atoms with Crippen LogP contribution in [-0.2, 0) is 4.79 Å². The van der Waals surface area contributed by atoms with Crippen LogP contribution in [0.15, 0.2) is 47.6 Å². The first-order chi connectivity index (χ1) is 11.5. The van der Waals surface area contributed by atoms with Crippen LogP contribution >= 0.6 is 23.2 Å². The number of carbonyl (C=O) groups excluding carboxylic acids is 1. The minimum absolute atomic E-state index is 0.171. The van der Waals surface area contributed by atoms with E-state index in [9.17, 15) is 9.59 Å². The third kappa shape index (κ3) is 5.26. The normalized spacial score (nSPS) is 10.6. The molecule has 0 saturated carbocycles. The Labute approximate surface area is 147 Å². The number of hydrogen-bond acceptors (Lipinski definition) is 4. The molecule has 2 rings (SSSR count). The Morgan fingerprint density at radius 1 is 1.17 bits per heavy atom. The second-order valence-corrected chi connectivity index (χ2v) is 5.43. The molecule has 6 nitrogen and oxygen atoms in total. The SMILES string of the molecule is O=C(COc1ccc(Cl)cc1Cl)N/N=C\c1ccc(C(=O)O)cc1. The van der Waals surface area contributed by atoms with Crippen LogP contribution in [0.3, 0.4) is 0 Å². The Morgan fingerprint density at radius 3 is 2.50 bits per heavy atom. The van der Waals surface area contributed by atoms with Crippen LogP contribution < -0.4 is 10.2 Å². The maximum Gasteiger partial charge on any atom is 0.335 e. The van der Waals surface area contributed by atoms with E-state index < -0.39 is 11.9 Å². The number of carboxylic acids is 1. The van der Waals surface area contributed by atoms with E-state index >= 15 is 0 Å². The van der Waals surface area contributed by atoms with Gasteiger partial charge >= 0.3 is 5.97 Å². The number of amides is 1. The molecule has 0 bridgehead atoms. The lowest BCUT2D eigenvalue weighted by Gasteiger charge is -2.06. The number of halogens is 2. The number of aromatic carboxylic acids is 1. The van der Waals surface area contributed by atoms with Crippen molar-refractivity contribution in [3.05, 3.63) is 63.6 Å². The number of hydrogen-bond donors (Lipinski definition) is 2. The molecular weight excluding hydrogens is 355 g/mol. The molecule has 2 aromatic rings. The van der Waals surface area contributed by atoms with Gasteiger partial charge in [-0.25, -0.2) is 10.2 Å². The first-order valence-corrected chi connectivity index (χ1v) is 7.44. The Balaban J connectivity index is 1.83. The van der Waals surface area contributed by atoms with E-state index in [1.165, 1.54) is 24.4 Å². The summed E-state index contributed by atoms with van der Waals surface area (Å²) in [6, 6.07) is 10.7. The average molecular weight is 367 g/mol. The first-order valence-electron chi connectivity index (χ1n) is 6.69. The van der Waals surface area contributed by atoms with Gasteiger partial charge in [0.05, 0.1) is 16.8 Å². The van der Waals surface area contributed by atoms with E-state index in [-0.39, 0.29) is 12.2 Å². The number of nitrogens with one attached hydrogen (secondary N) is 1. The lowest BCUT2D eigenvalue weighted by Crippen LogP contribution is -2.24. The predicted octanol–water partition coefficient (Wildman–Crippen LogP) is 3.22. The zero-order valence-corrected chi connectivity index (χ0v) is 13.7. The highest BCUT2D eigenvalue weighted by molar-refractivity contribution is 6.35.